The van der Waals surface area contributed by atoms with Crippen LogP contribution in [-0.4, -0.2) is 26.2 Å². The number of fused-ring (bicyclic) bond motifs is 8. The van der Waals surface area contributed by atoms with Crippen molar-refractivity contribution in [1.82, 2.24) is 0 Å². The van der Waals surface area contributed by atoms with Gasteiger partial charge in [0.2, 0.25) is 0 Å². The van der Waals surface area contributed by atoms with E-state index < -0.39 is 0 Å². The van der Waals surface area contributed by atoms with E-state index in [-0.39, 0.29) is 0 Å². The predicted molar refractivity (Wildman–Crippen MR) is 276 cm³/mol. The van der Waals surface area contributed by atoms with Crippen molar-refractivity contribution in [1.29, 1.82) is 0 Å². The number of hydrogen-bond acceptors (Lipinski definition) is 8. The zero-order chi connectivity index (χ0) is 43.1. The summed E-state index contributed by atoms with van der Waals surface area (Å²) < 4.78 is 0. The first-order chi connectivity index (χ1) is 31.5. The molecule has 0 radical (unpaired) electrons. The standard InChI is InChI=1S/C56H46N4S4/c1-5-57-41-13-9-11-15-49(41)61-51-29-35(17-23-43(51)57)37-19-25-45-53(31-37)63-55-33-39(21-27-47(55)59(45)7-3)40-22-28-48-56(34-40)64-54-32-38(20-26-46(54)60(48)8-4)36-18-24-44-52(30-36)62-50-16-12-10-14-42(50)58(44)6-2/h9-34H,5-8H2,1-4H3. The topological polar surface area (TPSA) is 13.0 Å². The Labute approximate surface area is 393 Å². The summed E-state index contributed by atoms with van der Waals surface area (Å²) in [5.41, 5.74) is 17.8. The van der Waals surface area contributed by atoms with Crippen LogP contribution in [0.25, 0.3) is 33.4 Å². The number of anilines is 8. The van der Waals surface area contributed by atoms with Crippen LogP contribution in [-0.2, 0) is 0 Å². The molecule has 0 atom stereocenters. The molecule has 0 N–H and O–H groups in total. The van der Waals surface area contributed by atoms with Gasteiger partial charge in [0.25, 0.3) is 0 Å². The Morgan fingerprint density at radius 2 is 0.453 bits per heavy atom. The van der Waals surface area contributed by atoms with E-state index in [1.54, 1.807) is 0 Å². The van der Waals surface area contributed by atoms with Gasteiger partial charge in [-0.1, -0.05) is 108 Å². The molecule has 64 heavy (non-hydrogen) atoms. The Kier molecular flexibility index (Phi) is 10.0. The molecule has 4 aliphatic rings. The highest BCUT2D eigenvalue weighted by atomic mass is 32.2. The Hall–Kier alpha value is -5.64. The molecule has 0 saturated heterocycles. The summed E-state index contributed by atoms with van der Waals surface area (Å²) in [5, 5.41) is 0. The van der Waals surface area contributed by atoms with Crippen LogP contribution in [0.2, 0.25) is 0 Å². The molecule has 0 unspecified atom stereocenters. The zero-order valence-corrected chi connectivity index (χ0v) is 39.5. The smallest absolute Gasteiger partial charge is 0.0553 e. The quantitative estimate of drug-likeness (QED) is 0.155. The maximum atomic E-state index is 2.48. The fourth-order valence-corrected chi connectivity index (χ4v) is 14.5. The molecule has 8 aromatic rings. The van der Waals surface area contributed by atoms with E-state index in [2.05, 4.69) is 205 Å². The summed E-state index contributed by atoms with van der Waals surface area (Å²) in [7, 11) is 0. The first-order valence-corrected chi connectivity index (χ1v) is 25.6. The molecule has 0 fully saturated rings. The minimum atomic E-state index is 0.903. The van der Waals surface area contributed by atoms with Gasteiger partial charge in [-0.3, -0.25) is 0 Å². The largest absolute Gasteiger partial charge is 0.340 e. The Bertz CT molecular complexity index is 2970. The maximum Gasteiger partial charge on any atom is 0.0553 e. The summed E-state index contributed by atoms with van der Waals surface area (Å²) in [4.78, 5) is 20.3. The van der Waals surface area contributed by atoms with Crippen molar-refractivity contribution >= 4 is 92.5 Å². The molecule has 4 nitrogen and oxygen atoms in total. The number of benzene rings is 8. The van der Waals surface area contributed by atoms with Crippen molar-refractivity contribution in [2.75, 3.05) is 45.8 Å². The van der Waals surface area contributed by atoms with Crippen LogP contribution in [0.15, 0.2) is 197 Å². The lowest BCUT2D eigenvalue weighted by molar-refractivity contribution is 0.977. The normalized spacial score (nSPS) is 14.1. The third-order valence-electron chi connectivity index (χ3n) is 13.0. The molecule has 8 heteroatoms. The lowest BCUT2D eigenvalue weighted by Crippen LogP contribution is -2.20. The molecule has 4 aliphatic heterocycles. The van der Waals surface area contributed by atoms with E-state index in [1.165, 1.54) is 118 Å². The van der Waals surface area contributed by atoms with Crippen LogP contribution in [0.1, 0.15) is 27.7 Å². The van der Waals surface area contributed by atoms with Gasteiger partial charge in [0, 0.05) is 65.3 Å². The van der Waals surface area contributed by atoms with Gasteiger partial charge in [-0.15, -0.1) is 0 Å². The summed E-state index contributed by atoms with van der Waals surface area (Å²) in [5.74, 6) is 0. The number of nitrogens with zero attached hydrogens (tertiary/aromatic N) is 4. The Morgan fingerprint density at radius 1 is 0.250 bits per heavy atom. The van der Waals surface area contributed by atoms with Crippen LogP contribution in [0, 0.1) is 0 Å². The first-order valence-electron chi connectivity index (χ1n) is 22.3. The van der Waals surface area contributed by atoms with Crippen molar-refractivity contribution in [2.45, 2.75) is 66.9 Å². The van der Waals surface area contributed by atoms with Crippen LogP contribution in [0.5, 0.6) is 0 Å². The fourth-order valence-electron chi connectivity index (χ4n) is 9.88. The molecule has 0 bridgehead atoms. The molecular formula is C56H46N4S4. The van der Waals surface area contributed by atoms with E-state index in [9.17, 15) is 0 Å². The van der Waals surface area contributed by atoms with Crippen molar-refractivity contribution in [2.24, 2.45) is 0 Å². The van der Waals surface area contributed by atoms with Crippen LogP contribution >= 0.6 is 47.0 Å². The molecule has 0 saturated carbocycles. The molecule has 12 rings (SSSR count). The van der Waals surface area contributed by atoms with Crippen LogP contribution in [0.4, 0.5) is 45.5 Å². The lowest BCUT2D eigenvalue weighted by atomic mass is 10.0. The van der Waals surface area contributed by atoms with E-state index in [0.717, 1.165) is 26.2 Å². The van der Waals surface area contributed by atoms with E-state index >= 15 is 0 Å². The minimum Gasteiger partial charge on any atom is -0.340 e. The summed E-state index contributed by atoms with van der Waals surface area (Å²) in [6.45, 7) is 12.7. The average molecular weight is 903 g/mol. The van der Waals surface area contributed by atoms with Gasteiger partial charge < -0.3 is 19.6 Å². The molecule has 0 aliphatic carbocycles. The third-order valence-corrected chi connectivity index (χ3v) is 17.4. The monoisotopic (exact) mass is 902 g/mol. The summed E-state index contributed by atoms with van der Waals surface area (Å²) in [6.07, 6.45) is 0. The number of rotatable bonds is 7. The highest BCUT2D eigenvalue weighted by Crippen LogP contribution is 2.55. The summed E-state index contributed by atoms with van der Waals surface area (Å²) >= 11 is 7.56. The second kappa shape index (κ2) is 16.1. The second-order valence-electron chi connectivity index (χ2n) is 16.4. The average Bonchev–Trinajstić information content (AvgIpc) is 3.34. The fraction of sp³-hybridized carbons (Fsp3) is 0.143. The number of para-hydroxylation sites is 2. The van der Waals surface area contributed by atoms with Crippen molar-refractivity contribution in [3.63, 3.8) is 0 Å². The Balaban J connectivity index is 0.835. The van der Waals surface area contributed by atoms with Gasteiger partial charge in [0.1, 0.15) is 0 Å². The molecule has 0 spiro atoms. The van der Waals surface area contributed by atoms with Gasteiger partial charge in [-0.05, 0) is 158 Å². The molecule has 4 heterocycles. The molecule has 8 aromatic carbocycles. The molecule has 314 valence electrons. The summed E-state index contributed by atoms with van der Waals surface area (Å²) in [6, 6.07) is 59.7. The third kappa shape index (κ3) is 6.55. The molecule has 0 aromatic heterocycles. The SMILES string of the molecule is CCN1c2ccccc2Sc2cc(-c3ccc4c(c3)Sc3cc(-c5ccc6c(c5)Sc5cc(-c7ccc8c(c7)Sc7ccccc7N8CC)ccc5N6CC)ccc3N4CC)ccc21. The predicted octanol–water partition coefficient (Wildman–Crippen LogP) is 17.2. The van der Waals surface area contributed by atoms with E-state index in [1.807, 2.05) is 47.0 Å². The molecular weight excluding hydrogens is 857 g/mol. The first kappa shape index (κ1) is 39.9. The van der Waals surface area contributed by atoms with Gasteiger partial charge in [-0.2, -0.15) is 0 Å². The van der Waals surface area contributed by atoms with Gasteiger partial charge in [-0.25, -0.2) is 0 Å². The van der Waals surface area contributed by atoms with Gasteiger partial charge in [0.05, 0.1) is 45.5 Å². The second-order valence-corrected chi connectivity index (χ2v) is 20.8. The Morgan fingerprint density at radius 3 is 0.688 bits per heavy atom. The van der Waals surface area contributed by atoms with E-state index in [0.29, 0.717) is 0 Å². The maximum absolute atomic E-state index is 2.48. The van der Waals surface area contributed by atoms with Crippen molar-refractivity contribution in [3.05, 3.63) is 158 Å². The number of hydrogen-bond donors (Lipinski definition) is 0. The van der Waals surface area contributed by atoms with Crippen molar-refractivity contribution in [3.8, 4) is 33.4 Å². The van der Waals surface area contributed by atoms with E-state index in [4.69, 9.17) is 0 Å². The van der Waals surface area contributed by atoms with Crippen LogP contribution < -0.4 is 19.6 Å². The highest BCUT2D eigenvalue weighted by molar-refractivity contribution is 8.00. The molecule has 0 amide bonds. The minimum absolute atomic E-state index is 0.903. The van der Waals surface area contributed by atoms with Crippen LogP contribution in [0.3, 0.4) is 0 Å². The van der Waals surface area contributed by atoms with Gasteiger partial charge in [0.15, 0.2) is 0 Å². The highest BCUT2D eigenvalue weighted by Gasteiger charge is 2.28. The zero-order valence-electron chi connectivity index (χ0n) is 36.3. The van der Waals surface area contributed by atoms with Crippen molar-refractivity contribution < 1.29 is 0 Å². The lowest BCUT2D eigenvalue weighted by Gasteiger charge is -2.33. The van der Waals surface area contributed by atoms with Gasteiger partial charge >= 0.3 is 0 Å².